The van der Waals surface area contributed by atoms with Crippen LogP contribution in [0.2, 0.25) is 0 Å². The summed E-state index contributed by atoms with van der Waals surface area (Å²) in [6, 6.07) is 6.39. The Kier molecular flexibility index (Phi) is 5.18. The van der Waals surface area contributed by atoms with Gasteiger partial charge in [0.15, 0.2) is 0 Å². The molecular formula is C12H14NO5P. The third-order valence-corrected chi connectivity index (χ3v) is 3.63. The number of benzene rings is 1. The number of phenolic OH excluding ortho intramolecular Hbond substituents is 1. The van der Waals surface area contributed by atoms with Crippen LogP contribution < -0.4 is 10.2 Å². The number of aliphatic carboxylic acids is 1. The van der Waals surface area contributed by atoms with Crippen LogP contribution in [0.3, 0.4) is 0 Å². The van der Waals surface area contributed by atoms with Gasteiger partial charge in [0.05, 0.1) is 0 Å². The molecule has 0 aliphatic carbocycles. The second kappa shape index (κ2) is 6.43. The fourth-order valence-electron chi connectivity index (χ4n) is 1.26. The number of phenols is 1. The maximum absolute atomic E-state index is 10.9. The first-order chi connectivity index (χ1) is 8.86. The van der Waals surface area contributed by atoms with Crippen LogP contribution in [0.25, 0.3) is 6.08 Å². The minimum absolute atomic E-state index is 0.0903. The van der Waals surface area contributed by atoms with E-state index >= 15 is 0 Å². The van der Waals surface area contributed by atoms with Gasteiger partial charge in [-0.05, 0) is 17.7 Å². The van der Waals surface area contributed by atoms with Gasteiger partial charge in [-0.1, -0.05) is 28.8 Å². The van der Waals surface area contributed by atoms with Crippen LogP contribution >= 0.6 is 8.03 Å². The summed E-state index contributed by atoms with van der Waals surface area (Å²) < 4.78 is 10.9. The number of rotatable bonds is 6. The smallest absolute Gasteiger partial charge is 0.374 e. The van der Waals surface area contributed by atoms with Crippen LogP contribution in [0.4, 0.5) is 0 Å². The second-order valence-electron chi connectivity index (χ2n) is 4.01. The first kappa shape index (κ1) is 15.3. The van der Waals surface area contributed by atoms with E-state index in [4.69, 9.17) is 10.2 Å². The molecule has 0 heterocycles. The molecule has 7 heteroatoms. The Bertz CT molecular complexity index is 483. The molecule has 0 spiro atoms. The van der Waals surface area contributed by atoms with Crippen molar-refractivity contribution >= 4 is 20.1 Å². The van der Waals surface area contributed by atoms with Gasteiger partial charge in [0.25, 0.3) is 0 Å². The average Bonchev–Trinajstić information content (AvgIpc) is 2.36. The molecule has 19 heavy (non-hydrogen) atoms. The van der Waals surface area contributed by atoms with Crippen molar-refractivity contribution in [2.75, 3.05) is 6.54 Å². The van der Waals surface area contributed by atoms with Crippen molar-refractivity contribution in [3.05, 3.63) is 35.9 Å². The van der Waals surface area contributed by atoms with E-state index in [9.17, 15) is 14.3 Å². The van der Waals surface area contributed by atoms with E-state index < -0.39 is 19.3 Å². The van der Waals surface area contributed by atoms with Crippen molar-refractivity contribution in [1.82, 2.24) is 5.32 Å². The fraction of sp³-hybridized carbons (Fsp3) is 0.250. The van der Waals surface area contributed by atoms with E-state index in [1.54, 1.807) is 24.3 Å². The monoisotopic (exact) mass is 283 g/mol. The number of carboxylic acid groups (broad SMARTS) is 1. The van der Waals surface area contributed by atoms with Crippen molar-refractivity contribution in [3.63, 3.8) is 0 Å². The molecule has 6 nitrogen and oxygen atoms in total. The molecule has 102 valence electrons. The predicted molar refractivity (Wildman–Crippen MR) is 68.8 cm³/mol. The molecule has 3 N–H and O–H groups in total. The number of aromatic hydroxyl groups is 1. The minimum atomic E-state index is -3.14. The first-order valence-corrected chi connectivity index (χ1v) is 6.62. The van der Waals surface area contributed by atoms with E-state index in [0.29, 0.717) is 0 Å². The molecular weight excluding hydrogens is 269 g/mol. The van der Waals surface area contributed by atoms with Crippen LogP contribution in [0.1, 0.15) is 12.5 Å². The maximum Gasteiger partial charge on any atom is 0.374 e. The lowest BCUT2D eigenvalue weighted by Crippen LogP contribution is -2.48. The summed E-state index contributed by atoms with van der Waals surface area (Å²) in [7, 11) is -3.14. The lowest BCUT2D eigenvalue weighted by Gasteiger charge is -2.16. The number of hydrogen-bond donors (Lipinski definition) is 3. The Labute approximate surface area is 111 Å². The standard InChI is InChI=1S/C12H14NO5P/c1-12(11(15)16,19(17)18)13-8-2-3-9-4-6-10(14)7-5-9/h2-7,13-14H,8H2,1H3,(H,15,16)/b3-2+. The average molecular weight is 283 g/mol. The molecule has 0 saturated carbocycles. The molecule has 0 saturated heterocycles. The Morgan fingerprint density at radius 3 is 2.53 bits per heavy atom. The highest BCUT2D eigenvalue weighted by Gasteiger charge is 2.45. The molecule has 0 aromatic heterocycles. The summed E-state index contributed by atoms with van der Waals surface area (Å²) in [6.07, 6.45) is 3.29. The summed E-state index contributed by atoms with van der Waals surface area (Å²) >= 11 is 0. The van der Waals surface area contributed by atoms with E-state index in [0.717, 1.165) is 12.5 Å². The molecule has 0 bridgehead atoms. The Hall–Kier alpha value is -1.75. The minimum Gasteiger partial charge on any atom is -0.594 e. The van der Waals surface area contributed by atoms with Crippen LogP contribution in [-0.4, -0.2) is 28.0 Å². The third-order valence-electron chi connectivity index (χ3n) is 2.55. The van der Waals surface area contributed by atoms with Crippen LogP contribution in [-0.2, 0) is 9.36 Å². The number of hydrogen-bond acceptors (Lipinski definition) is 5. The molecule has 0 aliphatic heterocycles. The van der Waals surface area contributed by atoms with E-state index in [2.05, 4.69) is 5.32 Å². The van der Waals surface area contributed by atoms with Gasteiger partial charge in [-0.25, -0.2) is 4.79 Å². The predicted octanol–water partition coefficient (Wildman–Crippen LogP) is 0.898. The normalized spacial score (nSPS) is 15.2. The van der Waals surface area contributed by atoms with Crippen LogP contribution in [0.15, 0.2) is 30.3 Å². The molecule has 0 amide bonds. The highest BCUT2D eigenvalue weighted by atomic mass is 31.1. The number of carbonyl (C=O) groups is 1. The van der Waals surface area contributed by atoms with Gasteiger partial charge in [0.2, 0.25) is 0 Å². The Balaban J connectivity index is 2.60. The Morgan fingerprint density at radius 1 is 1.47 bits per heavy atom. The lowest BCUT2D eigenvalue weighted by molar-refractivity contribution is -0.174. The zero-order chi connectivity index (χ0) is 14.5. The molecule has 2 atom stereocenters. The highest BCUT2D eigenvalue weighted by Crippen LogP contribution is 2.28. The first-order valence-electron chi connectivity index (χ1n) is 5.45. The lowest BCUT2D eigenvalue weighted by atomic mass is 10.2. The molecule has 1 aromatic carbocycles. The summed E-state index contributed by atoms with van der Waals surface area (Å²) in [5.74, 6) is -1.29. The number of nitrogens with one attached hydrogen (secondary N) is 1. The summed E-state index contributed by atoms with van der Waals surface area (Å²) in [5.41, 5.74) is 0.808. The van der Waals surface area contributed by atoms with Crippen molar-refractivity contribution in [1.29, 1.82) is 0 Å². The Morgan fingerprint density at radius 2 is 2.05 bits per heavy atom. The second-order valence-corrected chi connectivity index (χ2v) is 5.42. The zero-order valence-electron chi connectivity index (χ0n) is 10.2. The van der Waals surface area contributed by atoms with Gasteiger partial charge in [-0.15, -0.1) is 0 Å². The summed E-state index contributed by atoms with van der Waals surface area (Å²) in [6.45, 7) is 1.18. The SMILES string of the molecule is CC(NC/C=C/c1ccc(O)cc1)(C(=O)O)[P+](=O)[O-]. The molecule has 0 fully saturated rings. The quantitative estimate of drug-likeness (QED) is 0.669. The van der Waals surface area contributed by atoms with Crippen molar-refractivity contribution in [3.8, 4) is 5.75 Å². The van der Waals surface area contributed by atoms with Gasteiger partial charge in [0, 0.05) is 13.5 Å². The van der Waals surface area contributed by atoms with Gasteiger partial charge in [-0.2, -0.15) is 0 Å². The van der Waals surface area contributed by atoms with Gasteiger partial charge >= 0.3 is 19.3 Å². The molecule has 1 aromatic rings. The fourth-order valence-corrected chi connectivity index (χ4v) is 1.63. The van der Waals surface area contributed by atoms with E-state index in [-0.39, 0.29) is 12.3 Å². The largest absolute Gasteiger partial charge is 0.594 e. The molecule has 0 aliphatic rings. The van der Waals surface area contributed by atoms with Gasteiger partial charge in [0.1, 0.15) is 5.75 Å². The third kappa shape index (κ3) is 4.13. The molecule has 1 rings (SSSR count). The highest BCUT2D eigenvalue weighted by molar-refractivity contribution is 7.39. The van der Waals surface area contributed by atoms with E-state index in [1.807, 2.05) is 0 Å². The molecule has 2 unspecified atom stereocenters. The van der Waals surface area contributed by atoms with Gasteiger partial charge in [-0.3, -0.25) is 5.32 Å². The number of carboxylic acids is 1. The topological polar surface area (TPSA) is 110 Å². The van der Waals surface area contributed by atoms with Crippen molar-refractivity contribution in [2.24, 2.45) is 0 Å². The van der Waals surface area contributed by atoms with Crippen LogP contribution in [0.5, 0.6) is 5.75 Å². The summed E-state index contributed by atoms with van der Waals surface area (Å²) in [4.78, 5) is 21.8. The zero-order valence-corrected chi connectivity index (χ0v) is 11.1. The maximum atomic E-state index is 10.9. The van der Waals surface area contributed by atoms with Crippen molar-refractivity contribution < 1.29 is 24.5 Å². The van der Waals surface area contributed by atoms with Crippen molar-refractivity contribution in [2.45, 2.75) is 12.2 Å². The molecule has 0 radical (unpaired) electrons. The van der Waals surface area contributed by atoms with E-state index in [1.165, 1.54) is 12.1 Å². The van der Waals surface area contributed by atoms with Crippen LogP contribution in [0, 0.1) is 0 Å². The van der Waals surface area contributed by atoms with Gasteiger partial charge < -0.3 is 15.1 Å². The summed E-state index contributed by atoms with van der Waals surface area (Å²) in [5, 5.41) is 18.4.